The molecule has 20 heavy (non-hydrogen) atoms. The van der Waals surface area contributed by atoms with E-state index in [1.165, 1.54) is 18.8 Å². The largest absolute Gasteiger partial charge is 0.494 e. The van der Waals surface area contributed by atoms with Crippen LogP contribution in [0.25, 0.3) is 0 Å². The molecule has 0 aliphatic carbocycles. The van der Waals surface area contributed by atoms with Crippen molar-refractivity contribution in [1.82, 2.24) is 4.90 Å². The minimum absolute atomic E-state index is 0.397. The Bertz CT molecular complexity index is 423. The molecule has 1 aliphatic rings. The van der Waals surface area contributed by atoms with Crippen LogP contribution in [0.3, 0.4) is 0 Å². The summed E-state index contributed by atoms with van der Waals surface area (Å²) in [6, 6.07) is 8.06. The van der Waals surface area contributed by atoms with Crippen molar-refractivity contribution in [3.05, 3.63) is 29.8 Å². The summed E-state index contributed by atoms with van der Waals surface area (Å²) >= 11 is 2.08. The van der Waals surface area contributed by atoms with E-state index in [1.807, 2.05) is 24.3 Å². The molecule has 1 aliphatic heterocycles. The van der Waals surface area contributed by atoms with Crippen LogP contribution >= 0.6 is 11.8 Å². The van der Waals surface area contributed by atoms with Gasteiger partial charge >= 0.3 is 0 Å². The van der Waals surface area contributed by atoms with Crippen LogP contribution in [0.4, 0.5) is 0 Å². The predicted octanol–water partition coefficient (Wildman–Crippen LogP) is 2.74. The molecule has 0 unspecified atom stereocenters. The van der Waals surface area contributed by atoms with Crippen molar-refractivity contribution >= 4 is 11.8 Å². The second kappa shape index (κ2) is 7.34. The first-order chi connectivity index (χ1) is 9.59. The molecule has 2 N–H and O–H groups in total. The maximum atomic E-state index is 5.80. The third kappa shape index (κ3) is 5.00. The fourth-order valence-corrected chi connectivity index (χ4v) is 3.72. The average Bonchev–Trinajstić information content (AvgIpc) is 2.43. The van der Waals surface area contributed by atoms with Crippen LogP contribution in [-0.2, 0) is 6.54 Å². The lowest BCUT2D eigenvalue weighted by atomic mass is 10.2. The summed E-state index contributed by atoms with van der Waals surface area (Å²) in [5.41, 5.74) is 6.75. The van der Waals surface area contributed by atoms with Gasteiger partial charge in [-0.1, -0.05) is 12.1 Å². The van der Waals surface area contributed by atoms with E-state index in [0.29, 0.717) is 11.3 Å². The molecule has 1 heterocycles. The Hall–Kier alpha value is -0.710. The molecule has 1 aromatic rings. The van der Waals surface area contributed by atoms with E-state index in [1.54, 1.807) is 0 Å². The molecule has 1 saturated heterocycles. The first-order valence-electron chi connectivity index (χ1n) is 7.37. The molecule has 1 fully saturated rings. The predicted molar refractivity (Wildman–Crippen MR) is 87.4 cm³/mol. The number of thioether (sulfide) groups is 1. The summed E-state index contributed by atoms with van der Waals surface area (Å²) in [7, 11) is 0. The number of ether oxygens (including phenoxy) is 1. The highest BCUT2D eigenvalue weighted by Crippen LogP contribution is 2.29. The fourth-order valence-electron chi connectivity index (χ4n) is 2.55. The first kappa shape index (κ1) is 15.7. The summed E-state index contributed by atoms with van der Waals surface area (Å²) in [6.45, 7) is 9.52. The third-order valence-electron chi connectivity index (χ3n) is 3.53. The van der Waals surface area contributed by atoms with Gasteiger partial charge in [0, 0.05) is 36.7 Å². The minimum atomic E-state index is 0.397. The average molecular weight is 294 g/mol. The van der Waals surface area contributed by atoms with Crippen LogP contribution in [-0.4, -0.2) is 41.6 Å². The third-order valence-corrected chi connectivity index (χ3v) is 4.82. The molecule has 0 atom stereocenters. The molecule has 2 rings (SSSR count). The lowest BCUT2D eigenvalue weighted by molar-refractivity contribution is 0.226. The van der Waals surface area contributed by atoms with Crippen molar-refractivity contribution in [2.24, 2.45) is 5.73 Å². The van der Waals surface area contributed by atoms with Gasteiger partial charge in [0.25, 0.3) is 0 Å². The Labute approximate surface area is 126 Å². The van der Waals surface area contributed by atoms with Gasteiger partial charge in [0.15, 0.2) is 0 Å². The van der Waals surface area contributed by atoms with Crippen molar-refractivity contribution in [2.45, 2.75) is 31.6 Å². The molecule has 0 aromatic heterocycles. The van der Waals surface area contributed by atoms with Gasteiger partial charge in [-0.05, 0) is 38.0 Å². The lowest BCUT2D eigenvalue weighted by Crippen LogP contribution is -2.43. The van der Waals surface area contributed by atoms with E-state index in [0.717, 1.165) is 30.9 Å². The molecule has 3 nitrogen and oxygen atoms in total. The number of benzene rings is 1. The van der Waals surface area contributed by atoms with Gasteiger partial charge < -0.3 is 15.4 Å². The summed E-state index contributed by atoms with van der Waals surface area (Å²) in [6.07, 6.45) is 1.08. The van der Waals surface area contributed by atoms with Crippen molar-refractivity contribution in [3.8, 4) is 5.75 Å². The molecule has 0 amide bonds. The van der Waals surface area contributed by atoms with E-state index in [4.69, 9.17) is 10.5 Å². The minimum Gasteiger partial charge on any atom is -0.494 e. The van der Waals surface area contributed by atoms with Gasteiger partial charge in [0.1, 0.15) is 5.75 Å². The SMILES string of the molecule is CC1(C)CN(CCCOc2cccc(CN)c2)CCS1. The Morgan fingerprint density at radius 1 is 1.40 bits per heavy atom. The number of hydrogen-bond acceptors (Lipinski definition) is 4. The summed E-state index contributed by atoms with van der Waals surface area (Å²) in [5, 5.41) is 0. The van der Waals surface area contributed by atoms with Crippen LogP contribution in [0, 0.1) is 0 Å². The molecule has 4 heteroatoms. The standard InChI is InChI=1S/C16H26N2OS/c1-16(2)13-18(8-10-20-16)7-4-9-19-15-6-3-5-14(11-15)12-17/h3,5-6,11H,4,7-10,12-13,17H2,1-2H3. The molecule has 0 radical (unpaired) electrons. The highest BCUT2D eigenvalue weighted by atomic mass is 32.2. The number of nitrogens with two attached hydrogens (primary N) is 1. The maximum absolute atomic E-state index is 5.80. The van der Waals surface area contributed by atoms with Gasteiger partial charge in [0.2, 0.25) is 0 Å². The molecular formula is C16H26N2OS. The second-order valence-corrected chi connectivity index (χ2v) is 7.74. The Kier molecular flexibility index (Phi) is 5.75. The van der Waals surface area contributed by atoms with Gasteiger partial charge in [0.05, 0.1) is 6.61 Å². The number of nitrogens with zero attached hydrogens (tertiary/aromatic N) is 1. The zero-order valence-corrected chi connectivity index (χ0v) is 13.4. The maximum Gasteiger partial charge on any atom is 0.119 e. The molecular weight excluding hydrogens is 268 g/mol. The van der Waals surface area contributed by atoms with Gasteiger partial charge in [-0.2, -0.15) is 11.8 Å². The van der Waals surface area contributed by atoms with Crippen LogP contribution in [0.1, 0.15) is 25.8 Å². The zero-order valence-electron chi connectivity index (χ0n) is 12.6. The van der Waals surface area contributed by atoms with Gasteiger partial charge in [-0.15, -0.1) is 0 Å². The van der Waals surface area contributed by atoms with E-state index < -0.39 is 0 Å². The fraction of sp³-hybridized carbons (Fsp3) is 0.625. The van der Waals surface area contributed by atoms with Crippen molar-refractivity contribution in [1.29, 1.82) is 0 Å². The van der Waals surface area contributed by atoms with Crippen molar-refractivity contribution < 1.29 is 4.74 Å². The van der Waals surface area contributed by atoms with E-state index in [9.17, 15) is 0 Å². The molecule has 0 bridgehead atoms. The summed E-state index contributed by atoms with van der Waals surface area (Å²) in [5.74, 6) is 2.18. The number of rotatable bonds is 6. The monoisotopic (exact) mass is 294 g/mol. The first-order valence-corrected chi connectivity index (χ1v) is 8.36. The Morgan fingerprint density at radius 3 is 3.00 bits per heavy atom. The summed E-state index contributed by atoms with van der Waals surface area (Å²) in [4.78, 5) is 2.55. The van der Waals surface area contributed by atoms with Crippen LogP contribution in [0.15, 0.2) is 24.3 Å². The van der Waals surface area contributed by atoms with E-state index in [2.05, 4.69) is 30.5 Å². The number of hydrogen-bond donors (Lipinski definition) is 1. The quantitative estimate of drug-likeness (QED) is 0.819. The van der Waals surface area contributed by atoms with E-state index in [-0.39, 0.29) is 0 Å². The van der Waals surface area contributed by atoms with Gasteiger partial charge in [-0.3, -0.25) is 0 Å². The smallest absolute Gasteiger partial charge is 0.119 e. The molecule has 1 aromatic carbocycles. The Balaban J connectivity index is 1.68. The Morgan fingerprint density at radius 2 is 2.25 bits per heavy atom. The van der Waals surface area contributed by atoms with Crippen LogP contribution in [0.2, 0.25) is 0 Å². The van der Waals surface area contributed by atoms with Crippen LogP contribution in [0.5, 0.6) is 5.75 Å². The molecule has 112 valence electrons. The normalized spacial score (nSPS) is 18.9. The zero-order chi connectivity index (χ0) is 14.4. The second-order valence-electron chi connectivity index (χ2n) is 5.94. The molecule has 0 spiro atoms. The van der Waals surface area contributed by atoms with Crippen molar-refractivity contribution in [2.75, 3.05) is 32.0 Å². The lowest BCUT2D eigenvalue weighted by Gasteiger charge is -2.37. The van der Waals surface area contributed by atoms with E-state index >= 15 is 0 Å². The highest BCUT2D eigenvalue weighted by Gasteiger charge is 2.26. The molecule has 0 saturated carbocycles. The highest BCUT2D eigenvalue weighted by molar-refractivity contribution is 8.00. The van der Waals surface area contributed by atoms with Gasteiger partial charge in [-0.25, -0.2) is 0 Å². The topological polar surface area (TPSA) is 38.5 Å². The van der Waals surface area contributed by atoms with Crippen molar-refractivity contribution in [3.63, 3.8) is 0 Å². The summed E-state index contributed by atoms with van der Waals surface area (Å²) < 4.78 is 6.20. The van der Waals surface area contributed by atoms with Crippen LogP contribution < -0.4 is 10.5 Å².